The van der Waals surface area contributed by atoms with Crippen LogP contribution in [0.4, 0.5) is 13.2 Å². The molecule has 7 heteroatoms. The molecule has 2 aliphatic rings. The summed E-state index contributed by atoms with van der Waals surface area (Å²) in [5, 5.41) is 12.4. The van der Waals surface area contributed by atoms with Crippen LogP contribution in [-0.4, -0.2) is 53.9 Å². The molecule has 0 aromatic heterocycles. The zero-order valence-electron chi connectivity index (χ0n) is 11.3. The van der Waals surface area contributed by atoms with Crippen molar-refractivity contribution >= 4 is 5.91 Å². The Balaban J connectivity index is 1.91. The Labute approximate surface area is 116 Å². The number of piperidine rings is 1. The Kier molecular flexibility index (Phi) is 4.90. The van der Waals surface area contributed by atoms with E-state index < -0.39 is 18.7 Å². The van der Waals surface area contributed by atoms with Gasteiger partial charge in [-0.1, -0.05) is 6.42 Å². The number of carbonyl (C=O) groups is 1. The van der Waals surface area contributed by atoms with Crippen LogP contribution in [0.15, 0.2) is 0 Å². The highest BCUT2D eigenvalue weighted by Crippen LogP contribution is 2.29. The lowest BCUT2D eigenvalue weighted by Crippen LogP contribution is -2.48. The van der Waals surface area contributed by atoms with Gasteiger partial charge in [0.15, 0.2) is 0 Å². The highest BCUT2D eigenvalue weighted by Gasteiger charge is 2.37. The van der Waals surface area contributed by atoms with E-state index in [9.17, 15) is 23.1 Å². The van der Waals surface area contributed by atoms with Crippen LogP contribution in [0.1, 0.15) is 32.1 Å². The van der Waals surface area contributed by atoms with Crippen LogP contribution in [0.25, 0.3) is 0 Å². The quantitative estimate of drug-likeness (QED) is 0.821. The number of aliphatic hydroxyl groups is 1. The van der Waals surface area contributed by atoms with E-state index in [1.165, 1.54) is 0 Å². The molecule has 2 fully saturated rings. The van der Waals surface area contributed by atoms with E-state index in [0.29, 0.717) is 19.5 Å². The first-order chi connectivity index (χ1) is 9.35. The highest BCUT2D eigenvalue weighted by molar-refractivity contribution is 5.78. The first-order valence-electron chi connectivity index (χ1n) is 7.11. The molecule has 4 nitrogen and oxygen atoms in total. The Bertz CT molecular complexity index is 349. The molecular formula is C13H21F3N2O2. The average Bonchev–Trinajstić information content (AvgIpc) is 2.74. The van der Waals surface area contributed by atoms with Gasteiger partial charge in [0.25, 0.3) is 0 Å². The van der Waals surface area contributed by atoms with Crippen molar-refractivity contribution in [2.75, 3.05) is 19.6 Å². The standard InChI is InChI=1S/C13H21F3N2O2/c14-13(15,16)6-10(19)8-18-4-2-1-3-11(18)9-5-12(20)17-7-9/h9-11,19H,1-8H2,(H,17,20). The zero-order chi connectivity index (χ0) is 14.8. The van der Waals surface area contributed by atoms with Gasteiger partial charge < -0.3 is 10.4 Å². The summed E-state index contributed by atoms with van der Waals surface area (Å²) in [5.41, 5.74) is 0. The lowest BCUT2D eigenvalue weighted by atomic mass is 9.89. The Hall–Kier alpha value is -0.820. The van der Waals surface area contributed by atoms with Crippen molar-refractivity contribution < 1.29 is 23.1 Å². The Morgan fingerprint density at radius 2 is 2.15 bits per heavy atom. The predicted octanol–water partition coefficient (Wildman–Crippen LogP) is 1.29. The van der Waals surface area contributed by atoms with Gasteiger partial charge in [-0.05, 0) is 19.4 Å². The maximum Gasteiger partial charge on any atom is 0.391 e. The minimum atomic E-state index is -4.34. The number of carbonyl (C=O) groups excluding carboxylic acids is 1. The number of aliphatic hydroxyl groups excluding tert-OH is 1. The van der Waals surface area contributed by atoms with Crippen molar-refractivity contribution in [2.24, 2.45) is 5.92 Å². The van der Waals surface area contributed by atoms with Crippen LogP contribution in [0.3, 0.4) is 0 Å². The third kappa shape index (κ3) is 4.34. The summed E-state index contributed by atoms with van der Waals surface area (Å²) in [5.74, 6) is 0.164. The minimum absolute atomic E-state index is 0.0105. The molecule has 0 aromatic carbocycles. The van der Waals surface area contributed by atoms with E-state index in [1.807, 2.05) is 4.90 Å². The Morgan fingerprint density at radius 3 is 2.75 bits per heavy atom. The largest absolute Gasteiger partial charge is 0.391 e. The molecule has 0 radical (unpaired) electrons. The van der Waals surface area contributed by atoms with Gasteiger partial charge in [-0.15, -0.1) is 0 Å². The van der Waals surface area contributed by atoms with Crippen LogP contribution in [0.2, 0.25) is 0 Å². The number of amides is 1. The molecule has 3 unspecified atom stereocenters. The number of hydrogen-bond donors (Lipinski definition) is 2. The summed E-state index contributed by atoms with van der Waals surface area (Å²) < 4.78 is 36.8. The lowest BCUT2D eigenvalue weighted by molar-refractivity contribution is -0.156. The number of rotatable bonds is 4. The molecule has 2 N–H and O–H groups in total. The predicted molar refractivity (Wildman–Crippen MR) is 67.0 cm³/mol. The molecule has 20 heavy (non-hydrogen) atoms. The summed E-state index contributed by atoms with van der Waals surface area (Å²) in [6, 6.07) is 0.102. The molecular weight excluding hydrogens is 273 g/mol. The summed E-state index contributed by atoms with van der Waals surface area (Å²) in [6.45, 7) is 1.33. The first-order valence-corrected chi connectivity index (χ1v) is 7.11. The van der Waals surface area contributed by atoms with Crippen molar-refractivity contribution in [3.8, 4) is 0 Å². The number of nitrogens with zero attached hydrogens (tertiary/aromatic N) is 1. The van der Waals surface area contributed by atoms with Crippen LogP contribution in [0, 0.1) is 5.92 Å². The van der Waals surface area contributed by atoms with Gasteiger partial charge in [0, 0.05) is 31.5 Å². The molecule has 1 amide bonds. The molecule has 0 spiro atoms. The second kappa shape index (κ2) is 6.30. The summed E-state index contributed by atoms with van der Waals surface area (Å²) >= 11 is 0. The molecule has 2 saturated heterocycles. The van der Waals surface area contributed by atoms with Gasteiger partial charge in [-0.2, -0.15) is 13.2 Å². The van der Waals surface area contributed by atoms with Crippen molar-refractivity contribution in [2.45, 2.75) is 50.4 Å². The Morgan fingerprint density at radius 1 is 1.40 bits per heavy atom. The lowest BCUT2D eigenvalue weighted by Gasteiger charge is -2.39. The van der Waals surface area contributed by atoms with Gasteiger partial charge in [-0.3, -0.25) is 9.69 Å². The van der Waals surface area contributed by atoms with Crippen LogP contribution in [-0.2, 0) is 4.79 Å². The summed E-state index contributed by atoms with van der Waals surface area (Å²) in [7, 11) is 0. The maximum atomic E-state index is 12.3. The van der Waals surface area contributed by atoms with Crippen molar-refractivity contribution in [3.05, 3.63) is 0 Å². The molecule has 2 rings (SSSR count). The normalized spacial score (nSPS) is 30.3. The van der Waals surface area contributed by atoms with Gasteiger partial charge in [0.05, 0.1) is 12.5 Å². The molecule has 2 aliphatic heterocycles. The fourth-order valence-electron chi connectivity index (χ4n) is 3.28. The van der Waals surface area contributed by atoms with Crippen molar-refractivity contribution in [1.29, 1.82) is 0 Å². The van der Waals surface area contributed by atoms with Gasteiger partial charge in [0.1, 0.15) is 0 Å². The maximum absolute atomic E-state index is 12.3. The number of nitrogens with one attached hydrogen (secondary N) is 1. The molecule has 0 saturated carbocycles. The summed E-state index contributed by atoms with van der Waals surface area (Å²) in [4.78, 5) is 13.2. The molecule has 3 atom stereocenters. The summed E-state index contributed by atoms with van der Waals surface area (Å²) in [6.07, 6.45) is -3.60. The van der Waals surface area contributed by atoms with Gasteiger partial charge >= 0.3 is 6.18 Å². The molecule has 2 heterocycles. The molecule has 0 bridgehead atoms. The van der Waals surface area contributed by atoms with E-state index in [2.05, 4.69) is 5.32 Å². The smallest absolute Gasteiger partial charge is 0.391 e. The van der Waals surface area contributed by atoms with E-state index in [4.69, 9.17) is 0 Å². The number of halogens is 3. The average molecular weight is 294 g/mol. The second-order valence-corrected chi connectivity index (χ2v) is 5.80. The number of hydrogen-bond acceptors (Lipinski definition) is 3. The van der Waals surface area contributed by atoms with E-state index >= 15 is 0 Å². The van der Waals surface area contributed by atoms with E-state index in [1.54, 1.807) is 0 Å². The van der Waals surface area contributed by atoms with Crippen LogP contribution in [0.5, 0.6) is 0 Å². The number of β-amino-alcohol motifs (C(OH)–C–C–N with tert-alkyl or cyclic N) is 1. The van der Waals surface area contributed by atoms with E-state index in [-0.39, 0.29) is 24.4 Å². The molecule has 116 valence electrons. The van der Waals surface area contributed by atoms with Gasteiger partial charge in [-0.25, -0.2) is 0 Å². The highest BCUT2D eigenvalue weighted by atomic mass is 19.4. The fraction of sp³-hybridized carbons (Fsp3) is 0.923. The third-order valence-corrected chi connectivity index (χ3v) is 4.13. The van der Waals surface area contributed by atoms with Crippen LogP contribution >= 0.6 is 0 Å². The van der Waals surface area contributed by atoms with Crippen molar-refractivity contribution in [3.63, 3.8) is 0 Å². The number of alkyl halides is 3. The first kappa shape index (κ1) is 15.6. The SMILES string of the molecule is O=C1CC(C2CCCCN2CC(O)CC(F)(F)F)CN1. The molecule has 0 aliphatic carbocycles. The zero-order valence-corrected chi connectivity index (χ0v) is 11.3. The minimum Gasteiger partial charge on any atom is -0.391 e. The van der Waals surface area contributed by atoms with Crippen molar-refractivity contribution in [1.82, 2.24) is 10.2 Å². The van der Waals surface area contributed by atoms with Crippen LogP contribution < -0.4 is 5.32 Å². The third-order valence-electron chi connectivity index (χ3n) is 4.13. The van der Waals surface area contributed by atoms with Gasteiger partial charge in [0.2, 0.25) is 5.91 Å². The second-order valence-electron chi connectivity index (χ2n) is 5.80. The van der Waals surface area contributed by atoms with E-state index in [0.717, 1.165) is 19.3 Å². The number of likely N-dealkylation sites (tertiary alicyclic amines) is 1. The monoisotopic (exact) mass is 294 g/mol. The fourth-order valence-corrected chi connectivity index (χ4v) is 3.28. The topological polar surface area (TPSA) is 52.6 Å². The molecule has 0 aromatic rings.